The van der Waals surface area contributed by atoms with Crippen LogP contribution in [0.2, 0.25) is 0 Å². The van der Waals surface area contributed by atoms with Crippen molar-refractivity contribution in [3.8, 4) is 5.75 Å². The highest BCUT2D eigenvalue weighted by molar-refractivity contribution is 5.81. The fourth-order valence-electron chi connectivity index (χ4n) is 3.41. The largest absolute Gasteiger partial charge is 0.507 e. The number of para-hydroxylation sites is 1. The van der Waals surface area contributed by atoms with Crippen LogP contribution >= 0.6 is 0 Å². The highest BCUT2D eigenvalue weighted by atomic mass is 16.5. The lowest BCUT2D eigenvalue weighted by Crippen LogP contribution is -2.45. The smallest absolute Gasteiger partial charge is 0.294 e. The van der Waals surface area contributed by atoms with Crippen LogP contribution in [-0.4, -0.2) is 42.3 Å². The van der Waals surface area contributed by atoms with Gasteiger partial charge in [0.2, 0.25) is 0 Å². The monoisotopic (exact) mass is 381 g/mol. The Bertz CT molecular complexity index is 818. The molecule has 3 rings (SSSR count). The van der Waals surface area contributed by atoms with Crippen LogP contribution in [0.25, 0.3) is 5.57 Å². The molecule has 0 spiro atoms. The minimum absolute atomic E-state index is 0.255. The maximum absolute atomic E-state index is 10.3. The molecule has 148 valence electrons. The quantitative estimate of drug-likeness (QED) is 0.631. The molecule has 6 heteroatoms. The van der Waals surface area contributed by atoms with E-state index in [1.165, 1.54) is 0 Å². The van der Waals surface area contributed by atoms with Crippen molar-refractivity contribution in [3.63, 3.8) is 0 Å². The third-order valence-corrected chi connectivity index (χ3v) is 5.09. The molecule has 0 unspecified atom stereocenters. The fourth-order valence-corrected chi connectivity index (χ4v) is 3.41. The Hall–Kier alpha value is -2.99. The summed E-state index contributed by atoms with van der Waals surface area (Å²) in [6.45, 7) is 8.45. The second-order valence-corrected chi connectivity index (χ2v) is 7.03. The van der Waals surface area contributed by atoms with Gasteiger partial charge in [-0.05, 0) is 49.1 Å². The molecule has 3 N–H and O–H groups in total. The van der Waals surface area contributed by atoms with Crippen molar-refractivity contribution in [1.82, 2.24) is 15.5 Å². The minimum Gasteiger partial charge on any atom is -0.507 e. The van der Waals surface area contributed by atoms with Gasteiger partial charge in [-0.15, -0.1) is 0 Å². The van der Waals surface area contributed by atoms with Gasteiger partial charge in [-0.3, -0.25) is 9.69 Å². The van der Waals surface area contributed by atoms with E-state index >= 15 is 0 Å². The molecule has 28 heavy (non-hydrogen) atoms. The molecule has 6 nitrogen and oxygen atoms in total. The lowest BCUT2D eigenvalue weighted by Gasteiger charge is -2.33. The SMILES string of the molecule is C=C/C(C)=C1/C=C(c2ccccc2O)C=C(NC2CCN(COC=O)CC2)N1. The first kappa shape index (κ1) is 19.8. The molecule has 0 saturated carbocycles. The van der Waals surface area contributed by atoms with Crippen molar-refractivity contribution >= 4 is 12.0 Å². The number of carbonyl (C=O) groups excluding carboxylic acids is 1. The van der Waals surface area contributed by atoms with E-state index in [2.05, 4.69) is 22.1 Å². The first-order valence-electron chi connectivity index (χ1n) is 9.47. The van der Waals surface area contributed by atoms with Crippen LogP contribution in [0.15, 0.2) is 66.2 Å². The van der Waals surface area contributed by atoms with Crippen LogP contribution in [-0.2, 0) is 9.53 Å². The molecule has 1 saturated heterocycles. The average Bonchev–Trinajstić information content (AvgIpc) is 2.72. The van der Waals surface area contributed by atoms with Gasteiger partial charge < -0.3 is 20.5 Å². The number of nitrogens with zero attached hydrogens (tertiary/aromatic N) is 1. The Morgan fingerprint density at radius 3 is 2.79 bits per heavy atom. The summed E-state index contributed by atoms with van der Waals surface area (Å²) < 4.78 is 4.84. The lowest BCUT2D eigenvalue weighted by atomic mass is 9.99. The molecule has 0 radical (unpaired) electrons. The molecule has 0 bridgehead atoms. The standard InChI is InChI=1S/C22H27N3O3/c1-3-16(2)20-12-17(19-6-4-5-7-21(19)27)13-22(24-20)23-18-8-10-25(11-9-18)14-28-15-26/h3-7,12-13,15,18,23-24,27H,1,8-11,14H2,2H3/b20-16-. The molecule has 2 aliphatic rings. The normalized spacial score (nSPS) is 19.8. The fraction of sp³-hybridized carbons (Fsp3) is 0.318. The van der Waals surface area contributed by atoms with E-state index in [1.54, 1.807) is 6.07 Å². The molecule has 0 aliphatic carbocycles. The number of hydrogen-bond acceptors (Lipinski definition) is 6. The first-order valence-corrected chi connectivity index (χ1v) is 9.47. The van der Waals surface area contributed by atoms with Gasteiger partial charge in [0.15, 0.2) is 0 Å². The third-order valence-electron chi connectivity index (χ3n) is 5.09. The van der Waals surface area contributed by atoms with Crippen LogP contribution < -0.4 is 10.6 Å². The Morgan fingerprint density at radius 1 is 1.36 bits per heavy atom. The molecule has 0 atom stereocenters. The zero-order valence-corrected chi connectivity index (χ0v) is 16.1. The topological polar surface area (TPSA) is 73.8 Å². The molecule has 1 aromatic rings. The number of hydrogen-bond donors (Lipinski definition) is 3. The van der Waals surface area contributed by atoms with E-state index in [1.807, 2.05) is 43.4 Å². The maximum atomic E-state index is 10.3. The molecule has 0 aromatic heterocycles. The Kier molecular flexibility index (Phi) is 6.55. The van der Waals surface area contributed by atoms with Crippen molar-refractivity contribution < 1.29 is 14.6 Å². The predicted molar refractivity (Wildman–Crippen MR) is 110 cm³/mol. The number of phenolic OH excluding ortho intramolecular Hbond substituents is 1. The summed E-state index contributed by atoms with van der Waals surface area (Å²) >= 11 is 0. The highest BCUT2D eigenvalue weighted by Crippen LogP contribution is 2.30. The van der Waals surface area contributed by atoms with E-state index in [-0.39, 0.29) is 5.75 Å². The van der Waals surface area contributed by atoms with Crippen LogP contribution in [0.3, 0.4) is 0 Å². The number of benzene rings is 1. The van der Waals surface area contributed by atoms with E-state index in [4.69, 9.17) is 4.74 Å². The third kappa shape index (κ3) is 4.84. The second-order valence-electron chi connectivity index (χ2n) is 7.03. The number of rotatable bonds is 7. The van der Waals surface area contributed by atoms with Crippen molar-refractivity contribution in [3.05, 3.63) is 71.7 Å². The Labute approximate surface area is 165 Å². The number of carbonyl (C=O) groups is 1. The predicted octanol–water partition coefficient (Wildman–Crippen LogP) is 2.86. The van der Waals surface area contributed by atoms with Gasteiger partial charge in [0.1, 0.15) is 18.3 Å². The molecule has 2 aliphatic heterocycles. The van der Waals surface area contributed by atoms with Gasteiger partial charge in [0.25, 0.3) is 6.47 Å². The van der Waals surface area contributed by atoms with Crippen molar-refractivity contribution in [1.29, 1.82) is 0 Å². The molecule has 0 amide bonds. The van der Waals surface area contributed by atoms with Crippen LogP contribution in [0, 0.1) is 0 Å². The summed E-state index contributed by atoms with van der Waals surface area (Å²) in [5, 5.41) is 17.3. The van der Waals surface area contributed by atoms with Crippen LogP contribution in [0.5, 0.6) is 5.75 Å². The van der Waals surface area contributed by atoms with Crippen molar-refractivity contribution in [2.75, 3.05) is 19.8 Å². The van der Waals surface area contributed by atoms with E-state index < -0.39 is 0 Å². The molecular formula is C22H27N3O3. The van der Waals surface area contributed by atoms with Gasteiger partial charge in [0.05, 0.1) is 0 Å². The van der Waals surface area contributed by atoms with E-state index in [9.17, 15) is 9.90 Å². The number of ether oxygens (including phenoxy) is 1. The Morgan fingerprint density at radius 2 is 2.11 bits per heavy atom. The van der Waals surface area contributed by atoms with Gasteiger partial charge in [-0.25, -0.2) is 0 Å². The number of aromatic hydroxyl groups is 1. The summed E-state index contributed by atoms with van der Waals surface area (Å²) in [5.41, 5.74) is 3.71. The summed E-state index contributed by atoms with van der Waals surface area (Å²) in [5.74, 6) is 1.16. The molecule has 1 fully saturated rings. The average molecular weight is 381 g/mol. The van der Waals surface area contributed by atoms with Crippen molar-refractivity contribution in [2.45, 2.75) is 25.8 Å². The number of likely N-dealkylation sites (tertiary alicyclic amines) is 1. The molecular weight excluding hydrogens is 354 g/mol. The Balaban J connectivity index is 1.75. The maximum Gasteiger partial charge on any atom is 0.294 e. The van der Waals surface area contributed by atoms with Crippen molar-refractivity contribution in [2.24, 2.45) is 0 Å². The van der Waals surface area contributed by atoms with E-state index in [0.29, 0.717) is 19.2 Å². The van der Waals surface area contributed by atoms with Crippen LogP contribution in [0.4, 0.5) is 0 Å². The number of allylic oxidation sites excluding steroid dienone is 5. The summed E-state index contributed by atoms with van der Waals surface area (Å²) in [6.07, 6.45) is 7.77. The van der Waals surface area contributed by atoms with Gasteiger partial charge in [-0.2, -0.15) is 0 Å². The zero-order valence-electron chi connectivity index (χ0n) is 16.1. The summed E-state index contributed by atoms with van der Waals surface area (Å²) in [4.78, 5) is 12.5. The summed E-state index contributed by atoms with van der Waals surface area (Å²) in [7, 11) is 0. The number of nitrogens with one attached hydrogen (secondary N) is 2. The highest BCUT2D eigenvalue weighted by Gasteiger charge is 2.21. The van der Waals surface area contributed by atoms with E-state index in [0.717, 1.165) is 54.2 Å². The van der Waals surface area contributed by atoms with Gasteiger partial charge in [-0.1, -0.05) is 30.9 Å². The lowest BCUT2D eigenvalue weighted by molar-refractivity contribution is -0.133. The number of dihydropyridines is 1. The molecule has 1 aromatic carbocycles. The van der Waals surface area contributed by atoms with Gasteiger partial charge in [0, 0.05) is 30.4 Å². The van der Waals surface area contributed by atoms with Gasteiger partial charge >= 0.3 is 0 Å². The zero-order chi connectivity index (χ0) is 19.9. The number of phenols is 1. The minimum atomic E-state index is 0.255. The van der Waals surface area contributed by atoms with Crippen LogP contribution in [0.1, 0.15) is 25.3 Å². The molecule has 2 heterocycles. The first-order chi connectivity index (χ1) is 13.6. The number of piperidine rings is 1. The summed E-state index contributed by atoms with van der Waals surface area (Å²) in [6, 6.07) is 7.66. The second kappa shape index (κ2) is 9.28.